The molecule has 14 heavy (non-hydrogen) atoms. The van der Waals surface area contributed by atoms with Gasteiger partial charge in [0.15, 0.2) is 0 Å². The number of nitriles is 1. The van der Waals surface area contributed by atoms with E-state index in [1.54, 1.807) is 23.5 Å². The normalized spacial score (nSPS) is 10.3. The highest BCUT2D eigenvalue weighted by Crippen LogP contribution is 2.33. The first kappa shape index (κ1) is 9.74. The van der Waals surface area contributed by atoms with Crippen LogP contribution < -0.4 is 0 Å². The number of hydrogen-bond donors (Lipinski definition) is 1. The predicted molar refractivity (Wildman–Crippen MR) is 65.5 cm³/mol. The summed E-state index contributed by atoms with van der Waals surface area (Å²) < 4.78 is 2.18. The molecular formula is C10H6INOS. The van der Waals surface area contributed by atoms with Crippen molar-refractivity contribution in [2.75, 3.05) is 0 Å². The van der Waals surface area contributed by atoms with Crippen LogP contribution in [0.1, 0.15) is 4.88 Å². The lowest BCUT2D eigenvalue weighted by molar-refractivity contribution is 0.476. The van der Waals surface area contributed by atoms with Gasteiger partial charge >= 0.3 is 0 Å². The summed E-state index contributed by atoms with van der Waals surface area (Å²) >= 11 is 3.81. The van der Waals surface area contributed by atoms with Gasteiger partial charge < -0.3 is 5.11 Å². The van der Waals surface area contributed by atoms with Crippen molar-refractivity contribution in [3.63, 3.8) is 0 Å². The number of fused-ring (bicyclic) bond motifs is 1. The number of halogens is 1. The third-order valence-corrected chi connectivity index (χ3v) is 4.26. The molecule has 0 atom stereocenters. The highest BCUT2D eigenvalue weighted by molar-refractivity contribution is 14.1. The number of phenolic OH excluding ortho intramolecular Hbond substituents is 1. The second kappa shape index (κ2) is 3.75. The van der Waals surface area contributed by atoms with Gasteiger partial charge in [-0.15, -0.1) is 11.3 Å². The Bertz CT molecular complexity index is 527. The molecule has 70 valence electrons. The molecular weight excluding hydrogens is 309 g/mol. The van der Waals surface area contributed by atoms with Crippen molar-refractivity contribution in [3.05, 3.63) is 26.6 Å². The third kappa shape index (κ3) is 1.70. The van der Waals surface area contributed by atoms with E-state index in [0.29, 0.717) is 6.42 Å². The van der Waals surface area contributed by atoms with Crippen LogP contribution in [0, 0.1) is 14.9 Å². The molecule has 0 aliphatic rings. The lowest BCUT2D eigenvalue weighted by atomic mass is 10.2. The topological polar surface area (TPSA) is 44.0 Å². The summed E-state index contributed by atoms with van der Waals surface area (Å²) in [5, 5.41) is 19.0. The molecule has 0 unspecified atom stereocenters. The molecule has 2 rings (SSSR count). The maximum absolute atomic E-state index is 9.39. The molecule has 0 amide bonds. The van der Waals surface area contributed by atoms with E-state index in [1.807, 2.05) is 6.07 Å². The van der Waals surface area contributed by atoms with E-state index < -0.39 is 0 Å². The van der Waals surface area contributed by atoms with E-state index in [-0.39, 0.29) is 5.75 Å². The molecule has 0 bridgehead atoms. The van der Waals surface area contributed by atoms with E-state index in [2.05, 4.69) is 28.7 Å². The molecule has 0 radical (unpaired) electrons. The molecule has 4 heteroatoms. The summed E-state index contributed by atoms with van der Waals surface area (Å²) in [6.45, 7) is 0. The van der Waals surface area contributed by atoms with Gasteiger partial charge in [0, 0.05) is 13.1 Å². The predicted octanol–water partition coefficient (Wildman–Crippen LogP) is 3.28. The minimum Gasteiger partial charge on any atom is -0.508 e. The fourth-order valence-corrected chi connectivity index (χ4v) is 3.25. The Morgan fingerprint density at radius 1 is 1.43 bits per heavy atom. The van der Waals surface area contributed by atoms with Gasteiger partial charge in [0.2, 0.25) is 0 Å². The van der Waals surface area contributed by atoms with E-state index in [0.717, 1.165) is 18.5 Å². The third-order valence-electron chi connectivity index (χ3n) is 1.86. The molecule has 1 aromatic heterocycles. The summed E-state index contributed by atoms with van der Waals surface area (Å²) in [5.74, 6) is 0.281. The largest absolute Gasteiger partial charge is 0.508 e. The standard InChI is InChI=1S/C10H6INOS/c11-9-5-7(13)3-6-4-8(1-2-12)14-10(6)9/h3-5,13H,1H2. The zero-order valence-corrected chi connectivity index (χ0v) is 10.1. The first-order chi connectivity index (χ1) is 6.70. The van der Waals surface area contributed by atoms with Crippen molar-refractivity contribution in [1.29, 1.82) is 5.26 Å². The highest BCUT2D eigenvalue weighted by atomic mass is 127. The smallest absolute Gasteiger partial charge is 0.117 e. The number of aromatic hydroxyl groups is 1. The van der Waals surface area contributed by atoms with Crippen molar-refractivity contribution in [1.82, 2.24) is 0 Å². The Labute approximate surface area is 98.9 Å². The summed E-state index contributed by atoms with van der Waals surface area (Å²) in [4.78, 5) is 1.05. The fourth-order valence-electron chi connectivity index (χ4n) is 1.31. The molecule has 0 saturated heterocycles. The van der Waals surface area contributed by atoms with Crippen LogP contribution in [-0.4, -0.2) is 5.11 Å². The lowest BCUT2D eigenvalue weighted by Gasteiger charge is -1.94. The van der Waals surface area contributed by atoms with Gasteiger partial charge in [0.05, 0.1) is 12.5 Å². The van der Waals surface area contributed by atoms with Crippen molar-refractivity contribution in [3.8, 4) is 11.8 Å². The minimum absolute atomic E-state index is 0.281. The Morgan fingerprint density at radius 3 is 2.93 bits per heavy atom. The first-order valence-corrected chi connectivity index (χ1v) is 5.88. The van der Waals surface area contributed by atoms with Crippen molar-refractivity contribution in [2.24, 2.45) is 0 Å². The van der Waals surface area contributed by atoms with Crippen LogP contribution in [0.25, 0.3) is 10.1 Å². The van der Waals surface area contributed by atoms with E-state index in [9.17, 15) is 5.11 Å². The molecule has 1 aromatic carbocycles. The van der Waals surface area contributed by atoms with E-state index in [4.69, 9.17) is 5.26 Å². The SMILES string of the molecule is N#CCc1cc2cc(O)cc(I)c2s1. The quantitative estimate of drug-likeness (QED) is 0.821. The molecule has 0 fully saturated rings. The molecule has 2 nitrogen and oxygen atoms in total. The lowest BCUT2D eigenvalue weighted by Crippen LogP contribution is -1.70. The number of thiophene rings is 1. The van der Waals surface area contributed by atoms with Gasteiger partial charge in [0.25, 0.3) is 0 Å². The van der Waals surface area contributed by atoms with Gasteiger partial charge in [-0.1, -0.05) is 0 Å². The number of rotatable bonds is 1. The van der Waals surface area contributed by atoms with Crippen LogP contribution >= 0.6 is 33.9 Å². The Kier molecular flexibility index (Phi) is 2.61. The van der Waals surface area contributed by atoms with Crippen LogP contribution in [0.3, 0.4) is 0 Å². The molecule has 0 aliphatic heterocycles. The zero-order chi connectivity index (χ0) is 10.1. The molecule has 0 spiro atoms. The number of hydrogen-bond acceptors (Lipinski definition) is 3. The van der Waals surface area contributed by atoms with E-state index in [1.165, 1.54) is 0 Å². The number of nitrogens with zero attached hydrogens (tertiary/aromatic N) is 1. The second-order valence-corrected chi connectivity index (χ2v) is 5.19. The summed E-state index contributed by atoms with van der Waals surface area (Å²) in [6, 6.07) is 7.55. The van der Waals surface area contributed by atoms with Gasteiger partial charge in [0.1, 0.15) is 5.75 Å². The first-order valence-electron chi connectivity index (χ1n) is 3.98. The second-order valence-electron chi connectivity index (χ2n) is 2.89. The van der Waals surface area contributed by atoms with Gasteiger partial charge in [-0.05, 0) is 46.2 Å². The van der Waals surface area contributed by atoms with E-state index >= 15 is 0 Å². The highest BCUT2D eigenvalue weighted by Gasteiger charge is 2.06. The molecule has 1 N–H and O–H groups in total. The van der Waals surface area contributed by atoms with Gasteiger partial charge in [-0.25, -0.2) is 0 Å². The zero-order valence-electron chi connectivity index (χ0n) is 7.12. The van der Waals surface area contributed by atoms with Crippen molar-refractivity contribution >= 4 is 44.0 Å². The fraction of sp³-hybridized carbons (Fsp3) is 0.100. The minimum atomic E-state index is 0.281. The van der Waals surface area contributed by atoms with Crippen LogP contribution in [0.2, 0.25) is 0 Å². The summed E-state index contributed by atoms with van der Waals surface area (Å²) in [7, 11) is 0. The van der Waals surface area contributed by atoms with Gasteiger partial charge in [-0.2, -0.15) is 5.26 Å². The van der Waals surface area contributed by atoms with Crippen molar-refractivity contribution in [2.45, 2.75) is 6.42 Å². The Hall–Kier alpha value is -0.800. The maximum atomic E-state index is 9.39. The monoisotopic (exact) mass is 315 g/mol. The Morgan fingerprint density at radius 2 is 2.21 bits per heavy atom. The summed E-state index contributed by atoms with van der Waals surface area (Å²) in [6.07, 6.45) is 0.441. The molecule has 0 aliphatic carbocycles. The number of phenols is 1. The average molecular weight is 315 g/mol. The maximum Gasteiger partial charge on any atom is 0.117 e. The van der Waals surface area contributed by atoms with Crippen molar-refractivity contribution < 1.29 is 5.11 Å². The average Bonchev–Trinajstić information content (AvgIpc) is 2.48. The van der Waals surface area contributed by atoms with Crippen LogP contribution in [-0.2, 0) is 6.42 Å². The van der Waals surface area contributed by atoms with Crippen LogP contribution in [0.4, 0.5) is 0 Å². The van der Waals surface area contributed by atoms with Crippen LogP contribution in [0.15, 0.2) is 18.2 Å². The summed E-state index contributed by atoms with van der Waals surface area (Å²) in [5.41, 5.74) is 0. The molecule has 0 saturated carbocycles. The molecule has 1 heterocycles. The number of benzene rings is 1. The molecule has 2 aromatic rings. The van der Waals surface area contributed by atoms with Crippen LogP contribution in [0.5, 0.6) is 5.75 Å². The van der Waals surface area contributed by atoms with Gasteiger partial charge in [-0.3, -0.25) is 0 Å². The Balaban J connectivity index is 2.66.